The SMILES string of the molecule is In1c2ccccc2c2ccc3c(c21)n(-c1ccccc1)c1nc2ccccc2n31. The second kappa shape index (κ2) is 5.86. The second-order valence-electron chi connectivity index (χ2n) is 7.53. The highest BCUT2D eigenvalue weighted by molar-refractivity contribution is 14.1. The fourth-order valence-corrected chi connectivity index (χ4v) is 5.61. The molecule has 3 aromatic heterocycles. The van der Waals surface area contributed by atoms with Crippen molar-refractivity contribution in [2.24, 2.45) is 0 Å². The van der Waals surface area contributed by atoms with Crippen LogP contribution >= 0.6 is 22.9 Å². The maximum atomic E-state index is 5.03. The molecule has 3 heterocycles. The summed E-state index contributed by atoms with van der Waals surface area (Å²) in [6.07, 6.45) is 0. The number of halogens is 1. The number of benzene rings is 4. The first-order valence-corrected chi connectivity index (χ1v) is 10.8. The van der Waals surface area contributed by atoms with Crippen molar-refractivity contribution in [1.29, 1.82) is 0 Å². The zero-order valence-corrected chi connectivity index (χ0v) is 18.0. The van der Waals surface area contributed by atoms with Crippen molar-refractivity contribution in [2.45, 2.75) is 0 Å². The summed E-state index contributed by atoms with van der Waals surface area (Å²) in [6, 6.07) is 32.0. The van der Waals surface area contributed by atoms with Crippen molar-refractivity contribution in [3.63, 3.8) is 0 Å². The predicted molar refractivity (Wildman–Crippen MR) is 132 cm³/mol. The fourth-order valence-electron chi connectivity index (χ4n) is 4.70. The molecule has 30 heavy (non-hydrogen) atoms. The third-order valence-corrected chi connectivity index (χ3v) is 6.96. The minimum atomic E-state index is 0.937. The Balaban J connectivity index is 1.82. The van der Waals surface area contributed by atoms with Crippen LogP contribution in [-0.4, -0.2) is 16.7 Å². The average molecular weight is 498 g/mol. The van der Waals surface area contributed by atoms with Crippen molar-refractivity contribution in [2.75, 3.05) is 0 Å². The van der Waals surface area contributed by atoms with Gasteiger partial charge in [0, 0.05) is 16.5 Å². The molecule has 0 N–H and O–H groups in total. The van der Waals surface area contributed by atoms with Gasteiger partial charge in [0.1, 0.15) is 0 Å². The number of para-hydroxylation sites is 4. The van der Waals surface area contributed by atoms with Gasteiger partial charge in [-0.1, -0.05) is 48.5 Å². The maximum Gasteiger partial charge on any atom is 0.220 e. The Morgan fingerprint density at radius 1 is 0.600 bits per heavy atom. The van der Waals surface area contributed by atoms with E-state index in [9.17, 15) is 0 Å². The Hall–Kier alpha value is -3.32. The van der Waals surface area contributed by atoms with Gasteiger partial charge in [-0.2, -0.15) is 0 Å². The standard InChI is InChI=1S/C25H15IN4/c26-30-20-12-6-4-10-17(20)18-14-15-22-24(23(18)30)28(16-8-2-1-3-9-16)25-27-19-11-5-7-13-21(19)29(22)25/h1-15H. The summed E-state index contributed by atoms with van der Waals surface area (Å²) in [4.78, 5) is 5.03. The van der Waals surface area contributed by atoms with Crippen LogP contribution in [0.15, 0.2) is 91.0 Å². The lowest BCUT2D eigenvalue weighted by Gasteiger charge is -2.07. The van der Waals surface area contributed by atoms with E-state index < -0.39 is 0 Å². The molecule has 0 saturated carbocycles. The Morgan fingerprint density at radius 3 is 2.20 bits per heavy atom. The van der Waals surface area contributed by atoms with Gasteiger partial charge in [-0.3, -0.25) is 11.7 Å². The molecular weight excluding hydrogens is 483 g/mol. The first-order valence-electron chi connectivity index (χ1n) is 9.88. The van der Waals surface area contributed by atoms with Gasteiger partial charge >= 0.3 is 0 Å². The lowest BCUT2D eigenvalue weighted by molar-refractivity contribution is 1.11. The molecule has 0 spiro atoms. The van der Waals surface area contributed by atoms with Crippen LogP contribution in [0, 0.1) is 0 Å². The summed E-state index contributed by atoms with van der Waals surface area (Å²) in [7, 11) is 0. The summed E-state index contributed by atoms with van der Waals surface area (Å²) in [5.74, 6) is 0.937. The number of imidazole rings is 2. The van der Waals surface area contributed by atoms with Gasteiger partial charge in [0.05, 0.1) is 56.0 Å². The number of hydrogen-bond donors (Lipinski definition) is 0. The summed E-state index contributed by atoms with van der Waals surface area (Å²) in [6.45, 7) is 0. The first-order chi connectivity index (χ1) is 14.8. The molecule has 4 aromatic carbocycles. The molecule has 0 atom stereocenters. The zero-order chi connectivity index (χ0) is 19.8. The van der Waals surface area contributed by atoms with Crippen molar-refractivity contribution in [3.8, 4) is 5.69 Å². The third-order valence-electron chi connectivity index (χ3n) is 5.95. The molecular formula is C25H15IN4. The minimum Gasteiger partial charge on any atom is -0.280 e. The summed E-state index contributed by atoms with van der Waals surface area (Å²) in [5.41, 5.74) is 8.03. The number of rotatable bonds is 1. The molecule has 0 unspecified atom stereocenters. The van der Waals surface area contributed by atoms with E-state index in [1.807, 2.05) is 6.07 Å². The highest BCUT2D eigenvalue weighted by Crippen LogP contribution is 2.39. The Kier molecular flexibility index (Phi) is 3.22. The molecule has 0 aliphatic rings. The van der Waals surface area contributed by atoms with Gasteiger partial charge in [-0.25, -0.2) is 4.98 Å². The topological polar surface area (TPSA) is 27.2 Å². The van der Waals surface area contributed by atoms with Crippen LogP contribution in [0.3, 0.4) is 0 Å². The largest absolute Gasteiger partial charge is 0.280 e. The van der Waals surface area contributed by atoms with E-state index in [1.54, 1.807) is 0 Å². The Labute approximate surface area is 185 Å². The van der Waals surface area contributed by atoms with Crippen LogP contribution in [0.2, 0.25) is 0 Å². The smallest absolute Gasteiger partial charge is 0.220 e. The van der Waals surface area contributed by atoms with E-state index in [0.717, 1.165) is 28.0 Å². The van der Waals surface area contributed by atoms with Crippen molar-refractivity contribution in [1.82, 2.24) is 16.7 Å². The first kappa shape index (κ1) is 16.5. The lowest BCUT2D eigenvalue weighted by Crippen LogP contribution is -1.96. The van der Waals surface area contributed by atoms with Crippen LogP contribution < -0.4 is 0 Å². The molecule has 0 bridgehead atoms. The minimum absolute atomic E-state index is 0.937. The van der Waals surface area contributed by atoms with Crippen LogP contribution in [0.5, 0.6) is 0 Å². The quantitative estimate of drug-likeness (QED) is 0.231. The van der Waals surface area contributed by atoms with E-state index in [0.29, 0.717) is 0 Å². The molecule has 7 aromatic rings. The molecule has 7 rings (SSSR count). The molecule has 0 aliphatic heterocycles. The monoisotopic (exact) mass is 498 g/mol. The van der Waals surface area contributed by atoms with Gasteiger partial charge in [-0.05, 0) is 42.5 Å². The molecule has 0 aliphatic carbocycles. The van der Waals surface area contributed by atoms with Gasteiger partial charge in [0.15, 0.2) is 0 Å². The Bertz CT molecular complexity index is 1750. The number of fused-ring (bicyclic) bond motifs is 9. The average Bonchev–Trinajstić information content (AvgIpc) is 3.42. The summed E-state index contributed by atoms with van der Waals surface area (Å²) < 4.78 is 6.86. The van der Waals surface area contributed by atoms with E-state index in [-0.39, 0.29) is 0 Å². The molecule has 0 amide bonds. The zero-order valence-electron chi connectivity index (χ0n) is 15.8. The van der Waals surface area contributed by atoms with Crippen LogP contribution in [0.4, 0.5) is 0 Å². The molecule has 0 radical (unpaired) electrons. The molecule has 4 nitrogen and oxygen atoms in total. The third kappa shape index (κ3) is 1.98. The van der Waals surface area contributed by atoms with Crippen LogP contribution in [0.1, 0.15) is 0 Å². The number of aromatic nitrogens is 4. The van der Waals surface area contributed by atoms with Gasteiger partial charge in [-0.15, -0.1) is 0 Å². The summed E-state index contributed by atoms with van der Waals surface area (Å²) >= 11 is 2.43. The van der Waals surface area contributed by atoms with E-state index in [2.05, 4.69) is 120 Å². The molecule has 0 saturated heterocycles. The highest BCUT2D eigenvalue weighted by atomic mass is 127. The Morgan fingerprint density at radius 2 is 1.33 bits per heavy atom. The fraction of sp³-hybridized carbons (Fsp3) is 0. The van der Waals surface area contributed by atoms with Crippen molar-refractivity contribution >= 4 is 72.5 Å². The van der Waals surface area contributed by atoms with Crippen molar-refractivity contribution < 1.29 is 0 Å². The number of hydrogen-bond acceptors (Lipinski definition) is 1. The normalized spacial score (nSPS) is 12.2. The predicted octanol–water partition coefficient (Wildman–Crippen LogP) is 6.74. The molecule has 142 valence electrons. The van der Waals surface area contributed by atoms with E-state index >= 15 is 0 Å². The summed E-state index contributed by atoms with van der Waals surface area (Å²) in [5, 5.41) is 2.53. The van der Waals surface area contributed by atoms with E-state index in [1.165, 1.54) is 27.3 Å². The highest BCUT2D eigenvalue weighted by Gasteiger charge is 2.22. The maximum absolute atomic E-state index is 5.03. The molecule has 0 fully saturated rings. The molecule has 5 heteroatoms. The van der Waals surface area contributed by atoms with Crippen LogP contribution in [-0.2, 0) is 0 Å². The number of nitrogens with zero attached hydrogens (tertiary/aromatic N) is 4. The van der Waals surface area contributed by atoms with Crippen LogP contribution in [0.25, 0.3) is 55.3 Å². The van der Waals surface area contributed by atoms with Gasteiger partial charge in [0.2, 0.25) is 5.78 Å². The van der Waals surface area contributed by atoms with Gasteiger partial charge < -0.3 is 0 Å². The van der Waals surface area contributed by atoms with Crippen molar-refractivity contribution in [3.05, 3.63) is 91.0 Å². The van der Waals surface area contributed by atoms with E-state index in [4.69, 9.17) is 4.98 Å². The lowest BCUT2D eigenvalue weighted by atomic mass is 10.1. The second-order valence-corrected chi connectivity index (χ2v) is 8.50. The van der Waals surface area contributed by atoms with Gasteiger partial charge in [0.25, 0.3) is 0 Å².